The van der Waals surface area contributed by atoms with E-state index in [1.807, 2.05) is 0 Å². The number of rotatable bonds is 9. The van der Waals surface area contributed by atoms with E-state index in [0.717, 1.165) is 11.6 Å². The van der Waals surface area contributed by atoms with Crippen molar-refractivity contribution in [2.24, 2.45) is 0 Å². The number of halogens is 1. The van der Waals surface area contributed by atoms with Gasteiger partial charge in [0.05, 0.1) is 10.6 Å². The van der Waals surface area contributed by atoms with Crippen molar-refractivity contribution in [3.63, 3.8) is 0 Å². The van der Waals surface area contributed by atoms with Crippen LogP contribution in [0.4, 0.5) is 20.6 Å². The van der Waals surface area contributed by atoms with E-state index in [2.05, 4.69) is 10.6 Å². The molecule has 0 spiro atoms. The summed E-state index contributed by atoms with van der Waals surface area (Å²) in [6, 6.07) is 10.3. The van der Waals surface area contributed by atoms with Crippen molar-refractivity contribution in [3.05, 3.63) is 53.8 Å². The maximum absolute atomic E-state index is 14.1. The van der Waals surface area contributed by atoms with Gasteiger partial charge in [-0.05, 0) is 63.1 Å². The quantitative estimate of drug-likeness (QED) is 0.523. The van der Waals surface area contributed by atoms with Gasteiger partial charge in [-0.1, -0.05) is 26.0 Å². The number of amides is 2. The molecular weight excluding hydrogens is 461 g/mol. The number of sulfonamides is 1. The van der Waals surface area contributed by atoms with Gasteiger partial charge in [-0.3, -0.25) is 10.1 Å². The first-order chi connectivity index (χ1) is 15.9. The largest absolute Gasteiger partial charge is 0.444 e. The molecule has 0 atom stereocenters. The van der Waals surface area contributed by atoms with Crippen LogP contribution < -0.4 is 10.6 Å². The van der Waals surface area contributed by atoms with Gasteiger partial charge in [0.15, 0.2) is 0 Å². The molecule has 8 nitrogen and oxygen atoms in total. The third kappa shape index (κ3) is 7.81. The smallest absolute Gasteiger partial charge is 0.412 e. The lowest BCUT2D eigenvalue weighted by Gasteiger charge is -2.20. The van der Waals surface area contributed by atoms with Gasteiger partial charge in [-0.25, -0.2) is 17.6 Å². The molecule has 2 N–H and O–H groups in total. The maximum atomic E-state index is 14.1. The summed E-state index contributed by atoms with van der Waals surface area (Å²) in [6.07, 6.45) is -0.281. The van der Waals surface area contributed by atoms with Crippen LogP contribution in [0.1, 0.15) is 46.6 Å². The number of ether oxygens (including phenoxy) is 1. The Kier molecular flexibility index (Phi) is 9.17. The van der Waals surface area contributed by atoms with E-state index in [0.29, 0.717) is 25.2 Å². The van der Waals surface area contributed by atoms with Gasteiger partial charge in [0.1, 0.15) is 11.4 Å². The Bertz CT molecular complexity index is 1110. The number of hydrogen-bond acceptors (Lipinski definition) is 5. The molecule has 0 fully saturated rings. The minimum atomic E-state index is -3.53. The topological polar surface area (TPSA) is 105 Å². The molecule has 0 radical (unpaired) electrons. The van der Waals surface area contributed by atoms with Crippen molar-refractivity contribution >= 4 is 33.4 Å². The van der Waals surface area contributed by atoms with Crippen LogP contribution in [-0.2, 0) is 26.0 Å². The number of carbonyl (C=O) groups excluding carboxylic acids is 2. The van der Waals surface area contributed by atoms with Gasteiger partial charge in [-0.15, -0.1) is 0 Å². The van der Waals surface area contributed by atoms with E-state index >= 15 is 0 Å². The molecule has 0 aromatic heterocycles. The first-order valence-corrected chi connectivity index (χ1v) is 12.5. The zero-order chi connectivity index (χ0) is 25.5. The Balaban J connectivity index is 1.97. The molecule has 2 aromatic carbocycles. The summed E-state index contributed by atoms with van der Waals surface area (Å²) in [5, 5.41) is 5.00. The molecule has 0 aliphatic heterocycles. The number of nitrogens with one attached hydrogen (secondary N) is 2. The van der Waals surface area contributed by atoms with E-state index < -0.39 is 27.5 Å². The minimum Gasteiger partial charge on any atom is -0.444 e. The lowest BCUT2D eigenvalue weighted by molar-refractivity contribution is -0.116. The Morgan fingerprint density at radius 3 is 2.18 bits per heavy atom. The second-order valence-corrected chi connectivity index (χ2v) is 10.5. The zero-order valence-corrected chi connectivity index (χ0v) is 21.0. The van der Waals surface area contributed by atoms with Crippen LogP contribution >= 0.6 is 0 Å². The Morgan fingerprint density at radius 1 is 1.00 bits per heavy atom. The van der Waals surface area contributed by atoms with Gasteiger partial charge >= 0.3 is 6.09 Å². The summed E-state index contributed by atoms with van der Waals surface area (Å²) >= 11 is 0. The highest BCUT2D eigenvalue weighted by Crippen LogP contribution is 2.21. The third-order valence-electron chi connectivity index (χ3n) is 4.79. The Hall–Kier alpha value is -2.98. The van der Waals surface area contributed by atoms with Gasteiger partial charge in [0, 0.05) is 25.2 Å². The molecule has 0 heterocycles. The molecule has 10 heteroatoms. The summed E-state index contributed by atoms with van der Waals surface area (Å²) in [5.74, 6) is -0.974. The average molecular weight is 494 g/mol. The fourth-order valence-electron chi connectivity index (χ4n) is 3.13. The molecule has 0 saturated carbocycles. The molecule has 0 unspecified atom stereocenters. The van der Waals surface area contributed by atoms with Crippen LogP contribution in [-0.4, -0.2) is 43.4 Å². The van der Waals surface area contributed by atoms with Gasteiger partial charge < -0.3 is 10.1 Å². The number of carbonyl (C=O) groups is 2. The summed E-state index contributed by atoms with van der Waals surface area (Å²) in [7, 11) is -3.53. The maximum Gasteiger partial charge on any atom is 0.412 e. The molecule has 0 aliphatic carbocycles. The average Bonchev–Trinajstić information content (AvgIpc) is 2.74. The minimum absolute atomic E-state index is 0.114. The van der Waals surface area contributed by atoms with Crippen LogP contribution in [0.2, 0.25) is 0 Å². The molecule has 186 valence electrons. The van der Waals surface area contributed by atoms with Crippen molar-refractivity contribution in [2.45, 2.75) is 58.0 Å². The van der Waals surface area contributed by atoms with Gasteiger partial charge in [0.2, 0.25) is 15.9 Å². The molecule has 0 aliphatic rings. The highest BCUT2D eigenvalue weighted by Gasteiger charge is 2.21. The lowest BCUT2D eigenvalue weighted by Crippen LogP contribution is -2.30. The highest BCUT2D eigenvalue weighted by molar-refractivity contribution is 7.89. The number of anilines is 2. The summed E-state index contributed by atoms with van der Waals surface area (Å²) in [4.78, 5) is 24.5. The normalized spacial score (nSPS) is 11.9. The second kappa shape index (κ2) is 11.4. The SMILES string of the molecule is CCN(CC)S(=O)(=O)c1ccc(CCC(=O)Nc2ccc(F)c(NC(=O)OC(C)(C)C)c2)cc1. The summed E-state index contributed by atoms with van der Waals surface area (Å²) in [5.41, 5.74) is 0.273. The van der Waals surface area contributed by atoms with E-state index in [-0.39, 0.29) is 22.9 Å². The van der Waals surface area contributed by atoms with Crippen LogP contribution in [0.15, 0.2) is 47.4 Å². The van der Waals surface area contributed by atoms with E-state index in [1.165, 1.54) is 28.6 Å². The van der Waals surface area contributed by atoms with Gasteiger partial charge in [-0.2, -0.15) is 4.31 Å². The molecule has 0 saturated heterocycles. The molecular formula is C24H32FN3O5S. The molecule has 34 heavy (non-hydrogen) atoms. The standard InChI is InChI=1S/C24H32FN3O5S/c1-6-28(7-2)34(31,32)19-12-8-17(9-13-19)10-15-22(29)26-18-11-14-20(25)21(16-18)27-23(30)33-24(3,4)5/h8-9,11-14,16H,6-7,10,15H2,1-5H3,(H,26,29)(H,27,30). The number of benzene rings is 2. The highest BCUT2D eigenvalue weighted by atomic mass is 32.2. The van der Waals surface area contributed by atoms with Crippen molar-refractivity contribution in [1.29, 1.82) is 0 Å². The van der Waals surface area contributed by atoms with Gasteiger partial charge in [0.25, 0.3) is 0 Å². The molecule has 2 amide bonds. The van der Waals surface area contributed by atoms with E-state index in [9.17, 15) is 22.4 Å². The predicted octanol–water partition coefficient (Wildman–Crippen LogP) is 4.77. The summed E-state index contributed by atoms with van der Waals surface area (Å²) < 4.78 is 45.7. The third-order valence-corrected chi connectivity index (χ3v) is 6.86. The van der Waals surface area contributed by atoms with Crippen LogP contribution in [0.3, 0.4) is 0 Å². The van der Waals surface area contributed by atoms with Crippen molar-refractivity contribution in [3.8, 4) is 0 Å². The van der Waals surface area contributed by atoms with E-state index in [1.54, 1.807) is 46.8 Å². The fraction of sp³-hybridized carbons (Fsp3) is 0.417. The molecule has 2 aromatic rings. The molecule has 0 bridgehead atoms. The number of hydrogen-bond donors (Lipinski definition) is 2. The number of nitrogens with zero attached hydrogens (tertiary/aromatic N) is 1. The zero-order valence-electron chi connectivity index (χ0n) is 20.1. The van der Waals surface area contributed by atoms with Crippen LogP contribution in [0, 0.1) is 5.82 Å². The first-order valence-electron chi connectivity index (χ1n) is 11.0. The van der Waals surface area contributed by atoms with Crippen molar-refractivity contribution < 1.29 is 27.1 Å². The van der Waals surface area contributed by atoms with Crippen LogP contribution in [0.25, 0.3) is 0 Å². The van der Waals surface area contributed by atoms with Crippen molar-refractivity contribution in [2.75, 3.05) is 23.7 Å². The Morgan fingerprint density at radius 2 is 1.62 bits per heavy atom. The first kappa shape index (κ1) is 27.3. The summed E-state index contributed by atoms with van der Waals surface area (Å²) in [6.45, 7) is 9.42. The number of aryl methyl sites for hydroxylation is 1. The van der Waals surface area contributed by atoms with E-state index in [4.69, 9.17) is 4.74 Å². The predicted molar refractivity (Wildman–Crippen MR) is 130 cm³/mol. The second-order valence-electron chi connectivity index (χ2n) is 8.60. The van der Waals surface area contributed by atoms with Crippen LogP contribution in [0.5, 0.6) is 0 Å². The lowest BCUT2D eigenvalue weighted by atomic mass is 10.1. The molecule has 2 rings (SSSR count). The monoisotopic (exact) mass is 493 g/mol. The Labute approximate surface area is 200 Å². The van der Waals surface area contributed by atoms with Crippen molar-refractivity contribution in [1.82, 2.24) is 4.31 Å². The fourth-order valence-corrected chi connectivity index (χ4v) is 4.59.